The molecule has 3 N–H and O–H groups in total. The Hall–Kier alpha value is -1.04. The number of halogens is 1. The van der Waals surface area contributed by atoms with E-state index in [1.165, 1.54) is 17.0 Å². The number of hydrogen-bond acceptors (Lipinski definition) is 4. The van der Waals surface area contributed by atoms with Crippen LogP contribution in [0.3, 0.4) is 0 Å². The molecule has 2 aromatic rings. The average Bonchev–Trinajstić information content (AvgIpc) is 2.75. The highest BCUT2D eigenvalue weighted by Crippen LogP contribution is 2.29. The van der Waals surface area contributed by atoms with Crippen molar-refractivity contribution in [3.63, 3.8) is 0 Å². The molecule has 0 saturated carbocycles. The topological polar surface area (TPSA) is 52.5 Å². The van der Waals surface area contributed by atoms with Gasteiger partial charge in [-0.25, -0.2) is 0 Å². The molecule has 0 spiro atoms. The number of aromatic hydroxyl groups is 2. The van der Waals surface area contributed by atoms with Crippen LogP contribution in [0.4, 0.5) is 0 Å². The summed E-state index contributed by atoms with van der Waals surface area (Å²) in [6.45, 7) is 2.67. The van der Waals surface area contributed by atoms with Crippen LogP contribution in [0.5, 0.6) is 11.5 Å². The van der Waals surface area contributed by atoms with Gasteiger partial charge in [-0.3, -0.25) is 0 Å². The predicted octanol–water partition coefficient (Wildman–Crippen LogP) is 3.77. The highest BCUT2D eigenvalue weighted by atomic mass is 79.9. The van der Waals surface area contributed by atoms with Gasteiger partial charge in [0, 0.05) is 27.5 Å². The van der Waals surface area contributed by atoms with Crippen molar-refractivity contribution in [2.45, 2.75) is 19.5 Å². The first-order valence-corrected chi connectivity index (χ1v) is 7.22. The first-order chi connectivity index (χ1) is 8.58. The zero-order valence-corrected chi connectivity index (χ0v) is 12.3. The molecule has 0 amide bonds. The molecule has 2 rings (SSSR count). The SMILES string of the molecule is CC(NCc1sccc1Br)c1cc(O)ccc1O. The maximum Gasteiger partial charge on any atom is 0.120 e. The van der Waals surface area contributed by atoms with Crippen molar-refractivity contribution in [3.8, 4) is 11.5 Å². The van der Waals surface area contributed by atoms with E-state index in [1.54, 1.807) is 17.4 Å². The highest BCUT2D eigenvalue weighted by molar-refractivity contribution is 9.10. The van der Waals surface area contributed by atoms with Crippen LogP contribution in [0, 0.1) is 0 Å². The van der Waals surface area contributed by atoms with Crippen molar-refractivity contribution >= 4 is 27.3 Å². The maximum absolute atomic E-state index is 9.76. The molecule has 0 radical (unpaired) electrons. The van der Waals surface area contributed by atoms with Crippen molar-refractivity contribution in [1.82, 2.24) is 5.32 Å². The summed E-state index contributed by atoms with van der Waals surface area (Å²) in [7, 11) is 0. The van der Waals surface area contributed by atoms with Crippen LogP contribution in [0.2, 0.25) is 0 Å². The lowest BCUT2D eigenvalue weighted by molar-refractivity contribution is 0.441. The molecule has 1 atom stereocenters. The number of phenolic OH excluding ortho intramolecular Hbond substituents is 2. The number of hydrogen-bond donors (Lipinski definition) is 3. The van der Waals surface area contributed by atoms with Crippen molar-refractivity contribution in [1.29, 1.82) is 0 Å². The molecule has 1 heterocycles. The Morgan fingerprint density at radius 1 is 1.33 bits per heavy atom. The molecule has 1 aromatic carbocycles. The second kappa shape index (κ2) is 5.73. The molecule has 0 aliphatic carbocycles. The van der Waals surface area contributed by atoms with Gasteiger partial charge in [-0.05, 0) is 52.5 Å². The number of benzene rings is 1. The summed E-state index contributed by atoms with van der Waals surface area (Å²) in [5, 5.41) is 24.5. The zero-order chi connectivity index (χ0) is 13.1. The highest BCUT2D eigenvalue weighted by Gasteiger charge is 2.11. The fraction of sp³-hybridized carbons (Fsp3) is 0.231. The minimum absolute atomic E-state index is 0.0360. The molecular formula is C13H14BrNO2S. The van der Waals surface area contributed by atoms with Gasteiger partial charge in [-0.1, -0.05) is 0 Å². The Labute approximate surface area is 118 Å². The van der Waals surface area contributed by atoms with Crippen LogP contribution in [0.1, 0.15) is 23.4 Å². The summed E-state index contributed by atoms with van der Waals surface area (Å²) < 4.78 is 1.09. The van der Waals surface area contributed by atoms with Gasteiger partial charge in [0.25, 0.3) is 0 Å². The van der Waals surface area contributed by atoms with E-state index in [1.807, 2.05) is 18.4 Å². The summed E-state index contributed by atoms with van der Waals surface area (Å²) in [5.74, 6) is 0.354. The number of rotatable bonds is 4. The smallest absolute Gasteiger partial charge is 0.120 e. The van der Waals surface area contributed by atoms with E-state index in [0.717, 1.165) is 4.47 Å². The normalized spacial score (nSPS) is 12.6. The Bertz CT molecular complexity index is 542. The number of nitrogens with one attached hydrogen (secondary N) is 1. The Kier molecular flexibility index (Phi) is 4.27. The number of phenols is 2. The molecule has 96 valence electrons. The number of thiophene rings is 1. The molecule has 0 saturated heterocycles. The zero-order valence-electron chi connectivity index (χ0n) is 9.85. The van der Waals surface area contributed by atoms with Gasteiger partial charge in [0.15, 0.2) is 0 Å². The van der Waals surface area contributed by atoms with Gasteiger partial charge in [-0.2, -0.15) is 0 Å². The van der Waals surface area contributed by atoms with Gasteiger partial charge < -0.3 is 15.5 Å². The molecule has 0 bridgehead atoms. The fourth-order valence-electron chi connectivity index (χ4n) is 1.70. The van der Waals surface area contributed by atoms with Gasteiger partial charge in [0.2, 0.25) is 0 Å². The van der Waals surface area contributed by atoms with E-state index >= 15 is 0 Å². The summed E-state index contributed by atoms with van der Waals surface area (Å²) in [6, 6.07) is 6.53. The van der Waals surface area contributed by atoms with Crippen molar-refractivity contribution in [2.24, 2.45) is 0 Å². The molecule has 0 aliphatic rings. The monoisotopic (exact) mass is 327 g/mol. The van der Waals surface area contributed by atoms with Gasteiger partial charge in [-0.15, -0.1) is 11.3 Å². The summed E-state index contributed by atoms with van der Waals surface area (Å²) >= 11 is 5.15. The lowest BCUT2D eigenvalue weighted by atomic mass is 10.1. The van der Waals surface area contributed by atoms with Gasteiger partial charge in [0.1, 0.15) is 11.5 Å². The first kappa shape index (κ1) is 13.4. The van der Waals surface area contributed by atoms with Crippen LogP contribution >= 0.6 is 27.3 Å². The Morgan fingerprint density at radius 3 is 2.78 bits per heavy atom. The van der Waals surface area contributed by atoms with Gasteiger partial charge >= 0.3 is 0 Å². The van der Waals surface area contributed by atoms with E-state index in [9.17, 15) is 10.2 Å². The van der Waals surface area contributed by atoms with E-state index in [-0.39, 0.29) is 17.5 Å². The second-order valence-electron chi connectivity index (χ2n) is 4.04. The Balaban J connectivity index is 2.06. The molecule has 1 aromatic heterocycles. The minimum Gasteiger partial charge on any atom is -0.508 e. The summed E-state index contributed by atoms with van der Waals surface area (Å²) in [4.78, 5) is 1.21. The molecule has 0 fully saturated rings. The van der Waals surface area contributed by atoms with E-state index in [4.69, 9.17) is 0 Å². The molecule has 0 aliphatic heterocycles. The lowest BCUT2D eigenvalue weighted by Crippen LogP contribution is -2.17. The quantitative estimate of drug-likeness (QED) is 0.749. The van der Waals surface area contributed by atoms with Gasteiger partial charge in [0.05, 0.1) is 0 Å². The van der Waals surface area contributed by atoms with Crippen LogP contribution in [0.15, 0.2) is 34.1 Å². The standard InChI is InChI=1S/C13H14BrNO2S/c1-8(10-6-9(16)2-3-12(10)17)15-7-13-11(14)4-5-18-13/h2-6,8,15-17H,7H2,1H3. The van der Waals surface area contributed by atoms with Crippen LogP contribution in [-0.2, 0) is 6.54 Å². The van der Waals surface area contributed by atoms with Crippen LogP contribution in [0.25, 0.3) is 0 Å². The van der Waals surface area contributed by atoms with Crippen molar-refractivity contribution in [2.75, 3.05) is 0 Å². The second-order valence-corrected chi connectivity index (χ2v) is 5.89. The molecule has 3 nitrogen and oxygen atoms in total. The van der Waals surface area contributed by atoms with E-state index in [0.29, 0.717) is 12.1 Å². The summed E-state index contributed by atoms with van der Waals surface area (Å²) in [5.41, 5.74) is 0.697. The third kappa shape index (κ3) is 3.04. The predicted molar refractivity (Wildman–Crippen MR) is 77.0 cm³/mol. The minimum atomic E-state index is -0.0360. The molecular weight excluding hydrogens is 314 g/mol. The lowest BCUT2D eigenvalue weighted by Gasteiger charge is -2.15. The third-order valence-corrected chi connectivity index (χ3v) is 4.66. The maximum atomic E-state index is 9.76. The molecule has 5 heteroatoms. The fourth-order valence-corrected chi connectivity index (χ4v) is 3.14. The first-order valence-electron chi connectivity index (χ1n) is 5.55. The molecule has 18 heavy (non-hydrogen) atoms. The third-order valence-electron chi connectivity index (χ3n) is 2.74. The van der Waals surface area contributed by atoms with E-state index in [2.05, 4.69) is 21.2 Å². The molecule has 1 unspecified atom stereocenters. The summed E-state index contributed by atoms with van der Waals surface area (Å²) in [6.07, 6.45) is 0. The van der Waals surface area contributed by atoms with Crippen molar-refractivity contribution < 1.29 is 10.2 Å². The average molecular weight is 328 g/mol. The Morgan fingerprint density at radius 2 is 2.11 bits per heavy atom. The van der Waals surface area contributed by atoms with Crippen LogP contribution in [-0.4, -0.2) is 10.2 Å². The van der Waals surface area contributed by atoms with Crippen molar-refractivity contribution in [3.05, 3.63) is 44.6 Å². The van der Waals surface area contributed by atoms with Crippen LogP contribution < -0.4 is 5.32 Å². The largest absolute Gasteiger partial charge is 0.508 e. The van der Waals surface area contributed by atoms with E-state index < -0.39 is 0 Å².